The minimum atomic E-state index is -0.927. The lowest BCUT2D eigenvalue weighted by Gasteiger charge is -2.34. The summed E-state index contributed by atoms with van der Waals surface area (Å²) in [6.45, 7) is 0.349. The van der Waals surface area contributed by atoms with Gasteiger partial charge in [0.15, 0.2) is 0 Å². The van der Waals surface area contributed by atoms with Gasteiger partial charge in [-0.15, -0.1) is 0 Å². The van der Waals surface area contributed by atoms with E-state index in [9.17, 15) is 19.1 Å². The molecule has 7 heteroatoms. The molecular formula is C28H28FNO5. The van der Waals surface area contributed by atoms with Crippen LogP contribution in [0.25, 0.3) is 0 Å². The lowest BCUT2D eigenvalue weighted by molar-refractivity contribution is -0.142. The van der Waals surface area contributed by atoms with E-state index in [1.807, 2.05) is 54.6 Å². The number of ether oxygens (including phenoxy) is 2. The number of aliphatic carboxylic acids is 1. The van der Waals surface area contributed by atoms with Gasteiger partial charge in [0, 0.05) is 18.5 Å². The maximum absolute atomic E-state index is 13.6. The molecule has 1 aliphatic rings. The number of amides is 1. The van der Waals surface area contributed by atoms with Gasteiger partial charge in [-0.25, -0.2) is 9.18 Å². The molecule has 0 saturated heterocycles. The fraction of sp³-hybridized carbons (Fsp3) is 0.286. The molecule has 0 aromatic heterocycles. The van der Waals surface area contributed by atoms with Crippen molar-refractivity contribution in [2.75, 3.05) is 7.11 Å². The minimum absolute atomic E-state index is 0.106. The number of carbonyl (C=O) groups is 2. The number of hydrogen-bond donors (Lipinski definition) is 1. The van der Waals surface area contributed by atoms with E-state index in [0.29, 0.717) is 24.2 Å². The van der Waals surface area contributed by atoms with Gasteiger partial charge >= 0.3 is 12.1 Å². The lowest BCUT2D eigenvalue weighted by atomic mass is 9.86. The molecule has 35 heavy (non-hydrogen) atoms. The SMILES string of the molecule is COc1ccc(CN(C(=O)OCc2ccccc2)[C@H]2CC[C@H](C(=O)O)[C@H]2c2ccc(F)cc2)cc1. The second-order valence-electron chi connectivity index (χ2n) is 8.68. The lowest BCUT2D eigenvalue weighted by Crippen LogP contribution is -2.42. The molecule has 0 bridgehead atoms. The number of carboxylic acid groups (broad SMARTS) is 1. The van der Waals surface area contributed by atoms with Crippen molar-refractivity contribution in [3.8, 4) is 5.75 Å². The summed E-state index contributed by atoms with van der Waals surface area (Å²) in [4.78, 5) is 27.1. The second kappa shape index (κ2) is 11.0. The van der Waals surface area contributed by atoms with Crippen molar-refractivity contribution in [3.63, 3.8) is 0 Å². The van der Waals surface area contributed by atoms with Gasteiger partial charge in [-0.3, -0.25) is 4.79 Å². The number of methoxy groups -OCH3 is 1. The zero-order valence-corrected chi connectivity index (χ0v) is 19.5. The third-order valence-electron chi connectivity index (χ3n) is 6.55. The van der Waals surface area contributed by atoms with E-state index in [4.69, 9.17) is 9.47 Å². The van der Waals surface area contributed by atoms with E-state index in [1.54, 1.807) is 24.1 Å². The molecular weight excluding hydrogens is 449 g/mol. The van der Waals surface area contributed by atoms with Gasteiger partial charge in [0.2, 0.25) is 0 Å². The van der Waals surface area contributed by atoms with Gasteiger partial charge < -0.3 is 19.5 Å². The van der Waals surface area contributed by atoms with Crippen molar-refractivity contribution in [2.45, 2.75) is 38.0 Å². The highest BCUT2D eigenvalue weighted by atomic mass is 19.1. The number of hydrogen-bond acceptors (Lipinski definition) is 4. The van der Waals surface area contributed by atoms with Crippen LogP contribution >= 0.6 is 0 Å². The molecule has 0 heterocycles. The highest BCUT2D eigenvalue weighted by Crippen LogP contribution is 2.43. The summed E-state index contributed by atoms with van der Waals surface area (Å²) in [6.07, 6.45) is 0.385. The summed E-state index contributed by atoms with van der Waals surface area (Å²) in [7, 11) is 1.58. The van der Waals surface area contributed by atoms with Crippen LogP contribution in [0.4, 0.5) is 9.18 Å². The normalized spacial score (nSPS) is 19.2. The van der Waals surface area contributed by atoms with Crippen LogP contribution in [0.3, 0.4) is 0 Å². The first-order valence-electron chi connectivity index (χ1n) is 11.5. The van der Waals surface area contributed by atoms with Gasteiger partial charge in [-0.05, 0) is 53.8 Å². The number of benzene rings is 3. The number of carbonyl (C=O) groups excluding carboxylic acids is 1. The number of carboxylic acids is 1. The first kappa shape index (κ1) is 24.3. The van der Waals surface area contributed by atoms with E-state index < -0.39 is 35.8 Å². The topological polar surface area (TPSA) is 76.1 Å². The van der Waals surface area contributed by atoms with E-state index in [1.165, 1.54) is 12.1 Å². The molecule has 0 spiro atoms. The predicted octanol–water partition coefficient (Wildman–Crippen LogP) is 5.62. The summed E-state index contributed by atoms with van der Waals surface area (Å²) in [5, 5.41) is 9.91. The average Bonchev–Trinajstić information content (AvgIpc) is 3.32. The van der Waals surface area contributed by atoms with Crippen LogP contribution in [0.1, 0.15) is 35.4 Å². The zero-order valence-electron chi connectivity index (χ0n) is 19.5. The molecule has 3 aromatic rings. The van der Waals surface area contributed by atoms with Crippen molar-refractivity contribution < 1.29 is 28.6 Å². The Morgan fingerprint density at radius 3 is 2.26 bits per heavy atom. The first-order valence-corrected chi connectivity index (χ1v) is 11.5. The third kappa shape index (κ3) is 5.80. The summed E-state index contributed by atoms with van der Waals surface area (Å²) in [6, 6.07) is 22.2. The summed E-state index contributed by atoms with van der Waals surface area (Å²) >= 11 is 0. The molecule has 1 N–H and O–H groups in total. The Kier molecular flexibility index (Phi) is 7.65. The van der Waals surface area contributed by atoms with Crippen LogP contribution in [0.5, 0.6) is 5.75 Å². The molecule has 4 rings (SSSR count). The Labute approximate surface area is 203 Å². The van der Waals surface area contributed by atoms with E-state index in [2.05, 4.69) is 0 Å². The van der Waals surface area contributed by atoms with Crippen molar-refractivity contribution in [1.82, 2.24) is 4.90 Å². The van der Waals surface area contributed by atoms with Gasteiger partial charge in [0.25, 0.3) is 0 Å². The maximum Gasteiger partial charge on any atom is 0.410 e. The van der Waals surface area contributed by atoms with Gasteiger partial charge in [0.05, 0.1) is 13.0 Å². The molecule has 1 saturated carbocycles. The van der Waals surface area contributed by atoms with E-state index in [0.717, 1.165) is 11.1 Å². The Hall–Kier alpha value is -3.87. The standard InChI is InChI=1S/C28H28FNO5/c1-34-23-13-7-19(8-14-23)17-30(28(33)35-18-20-5-3-2-4-6-20)25-16-15-24(27(31)32)26(25)21-9-11-22(29)12-10-21/h2-14,24-26H,15-18H2,1H3,(H,31,32)/t24-,25-,26+/m0/s1. The fourth-order valence-corrected chi connectivity index (χ4v) is 4.79. The third-order valence-corrected chi connectivity index (χ3v) is 6.55. The highest BCUT2D eigenvalue weighted by molar-refractivity contribution is 5.73. The van der Waals surface area contributed by atoms with Crippen molar-refractivity contribution >= 4 is 12.1 Å². The van der Waals surface area contributed by atoms with Gasteiger partial charge in [0.1, 0.15) is 18.2 Å². The molecule has 182 valence electrons. The second-order valence-corrected chi connectivity index (χ2v) is 8.68. The molecule has 0 unspecified atom stereocenters. The molecule has 1 fully saturated rings. The average molecular weight is 478 g/mol. The Morgan fingerprint density at radius 1 is 0.943 bits per heavy atom. The van der Waals surface area contributed by atoms with Crippen LogP contribution in [0.15, 0.2) is 78.9 Å². The van der Waals surface area contributed by atoms with Gasteiger partial charge in [-0.2, -0.15) is 0 Å². The van der Waals surface area contributed by atoms with Crippen LogP contribution in [0, 0.1) is 11.7 Å². The maximum atomic E-state index is 13.6. The fourth-order valence-electron chi connectivity index (χ4n) is 4.79. The summed E-state index contributed by atoms with van der Waals surface area (Å²) < 4.78 is 24.5. The summed E-state index contributed by atoms with van der Waals surface area (Å²) in [5.41, 5.74) is 2.41. The molecule has 3 atom stereocenters. The molecule has 1 aliphatic carbocycles. The number of halogens is 1. The highest BCUT2D eigenvalue weighted by Gasteiger charge is 2.45. The van der Waals surface area contributed by atoms with Crippen molar-refractivity contribution in [1.29, 1.82) is 0 Å². The van der Waals surface area contributed by atoms with Crippen LogP contribution in [-0.4, -0.2) is 35.2 Å². The Balaban J connectivity index is 1.64. The number of rotatable bonds is 8. The predicted molar refractivity (Wildman–Crippen MR) is 128 cm³/mol. The van der Waals surface area contributed by atoms with Crippen molar-refractivity contribution in [3.05, 3.63) is 101 Å². The number of nitrogens with zero attached hydrogens (tertiary/aromatic N) is 1. The zero-order chi connectivity index (χ0) is 24.8. The molecule has 1 amide bonds. The minimum Gasteiger partial charge on any atom is -0.497 e. The van der Waals surface area contributed by atoms with Crippen molar-refractivity contribution in [2.24, 2.45) is 5.92 Å². The summed E-state index contributed by atoms with van der Waals surface area (Å²) in [5.74, 6) is -1.80. The molecule has 3 aromatic carbocycles. The van der Waals surface area contributed by atoms with Crippen LogP contribution < -0.4 is 4.74 Å². The van der Waals surface area contributed by atoms with E-state index >= 15 is 0 Å². The molecule has 0 radical (unpaired) electrons. The quantitative estimate of drug-likeness (QED) is 0.456. The van der Waals surface area contributed by atoms with E-state index in [-0.39, 0.29) is 13.2 Å². The monoisotopic (exact) mass is 477 g/mol. The smallest absolute Gasteiger partial charge is 0.410 e. The van der Waals surface area contributed by atoms with Gasteiger partial charge in [-0.1, -0.05) is 54.6 Å². The molecule has 0 aliphatic heterocycles. The Bertz CT molecular complexity index is 1130. The Morgan fingerprint density at radius 2 is 1.63 bits per heavy atom. The van der Waals surface area contributed by atoms with Crippen LogP contribution in [-0.2, 0) is 22.7 Å². The van der Waals surface area contributed by atoms with Crippen LogP contribution in [0.2, 0.25) is 0 Å². The molecule has 6 nitrogen and oxygen atoms in total. The largest absolute Gasteiger partial charge is 0.497 e. The first-order chi connectivity index (χ1) is 17.0.